The van der Waals surface area contributed by atoms with Crippen molar-refractivity contribution in [3.8, 4) is 5.75 Å². The summed E-state index contributed by atoms with van der Waals surface area (Å²) in [5, 5.41) is 0. The first-order valence-electron chi connectivity index (χ1n) is 14.8. The van der Waals surface area contributed by atoms with Gasteiger partial charge < -0.3 is 14.2 Å². The predicted molar refractivity (Wildman–Crippen MR) is 167 cm³/mol. The van der Waals surface area contributed by atoms with Gasteiger partial charge in [0.25, 0.3) is 0 Å². The van der Waals surface area contributed by atoms with Crippen LogP contribution in [0.4, 0.5) is 0 Å². The Balaban J connectivity index is 1.16. The molecule has 0 saturated heterocycles. The maximum absolute atomic E-state index is 13.0. The Labute approximate surface area is 249 Å². The summed E-state index contributed by atoms with van der Waals surface area (Å²) in [4.78, 5) is 18.2. The third-order valence-electron chi connectivity index (χ3n) is 7.89. The molecule has 5 heteroatoms. The highest BCUT2D eigenvalue weighted by Crippen LogP contribution is 2.41. The topological polar surface area (TPSA) is 57.1 Å². The number of esters is 1. The molecular weight excluding hydrogens is 522 g/mol. The molecule has 2 atom stereocenters. The van der Waals surface area contributed by atoms with Crippen LogP contribution in [-0.2, 0) is 27.3 Å². The molecule has 4 aromatic carbocycles. The van der Waals surface area contributed by atoms with Gasteiger partial charge >= 0.3 is 5.97 Å². The fourth-order valence-electron chi connectivity index (χ4n) is 5.67. The van der Waals surface area contributed by atoms with Crippen molar-refractivity contribution in [2.24, 2.45) is 10.4 Å². The van der Waals surface area contributed by atoms with Crippen molar-refractivity contribution in [2.75, 3.05) is 20.3 Å². The van der Waals surface area contributed by atoms with Gasteiger partial charge in [0.2, 0.25) is 0 Å². The Morgan fingerprint density at radius 2 is 1.48 bits per heavy atom. The summed E-state index contributed by atoms with van der Waals surface area (Å²) in [6, 6.07) is 38.9. The van der Waals surface area contributed by atoms with E-state index in [9.17, 15) is 4.79 Å². The monoisotopic (exact) mass is 561 g/mol. The van der Waals surface area contributed by atoms with Crippen LogP contribution in [0.1, 0.15) is 47.9 Å². The number of carbonyl (C=O) groups is 1. The van der Waals surface area contributed by atoms with E-state index in [-0.39, 0.29) is 12.0 Å². The number of aliphatic imine (C=N–C) groups is 1. The van der Waals surface area contributed by atoms with Gasteiger partial charge in [-0.2, -0.15) is 0 Å². The summed E-state index contributed by atoms with van der Waals surface area (Å²) in [5.74, 6) is 0.661. The van der Waals surface area contributed by atoms with E-state index < -0.39 is 5.41 Å². The lowest BCUT2D eigenvalue weighted by molar-refractivity contribution is -0.156. The van der Waals surface area contributed by atoms with Crippen molar-refractivity contribution in [3.05, 3.63) is 138 Å². The van der Waals surface area contributed by atoms with E-state index in [0.29, 0.717) is 32.7 Å². The molecule has 216 valence electrons. The van der Waals surface area contributed by atoms with E-state index in [1.54, 1.807) is 0 Å². The first kappa shape index (κ1) is 29.3. The van der Waals surface area contributed by atoms with Crippen LogP contribution >= 0.6 is 0 Å². The Bertz CT molecular complexity index is 1400. The van der Waals surface area contributed by atoms with E-state index in [2.05, 4.69) is 48.5 Å². The maximum atomic E-state index is 13.0. The Morgan fingerprint density at radius 1 is 0.833 bits per heavy atom. The number of hydrogen-bond acceptors (Lipinski definition) is 5. The molecule has 0 unspecified atom stereocenters. The highest BCUT2D eigenvalue weighted by molar-refractivity contribution is 6.13. The van der Waals surface area contributed by atoms with Gasteiger partial charge in [0.05, 0.1) is 30.9 Å². The van der Waals surface area contributed by atoms with Crippen LogP contribution in [0, 0.1) is 5.41 Å². The third-order valence-corrected chi connectivity index (χ3v) is 7.89. The molecule has 0 aliphatic heterocycles. The number of carbonyl (C=O) groups excluding carboxylic acids is 1. The second-order valence-electron chi connectivity index (χ2n) is 11.0. The standard InChI is InChI=1S/C37H39NO4/c1-40-36(39)37(23-22-33(26-37)38-35(31-17-7-3-8-18-31)32-19-9-4-10-20-32)28-41-24-12-16-29-15-11-21-34(25-29)42-27-30-13-5-2-6-14-30/h2-11,13-15,17-21,25,33H,12,16,22-24,26-28H2,1H3/t33-,37-/m0/s1. The molecule has 42 heavy (non-hydrogen) atoms. The van der Waals surface area contributed by atoms with Crippen molar-refractivity contribution in [3.63, 3.8) is 0 Å². The van der Waals surface area contributed by atoms with Gasteiger partial charge in [-0.05, 0) is 55.4 Å². The number of hydrogen-bond donors (Lipinski definition) is 0. The molecule has 5 rings (SSSR count). The molecule has 0 heterocycles. The second-order valence-corrected chi connectivity index (χ2v) is 11.0. The minimum absolute atomic E-state index is 0.0155. The van der Waals surface area contributed by atoms with E-state index in [4.69, 9.17) is 19.2 Å². The van der Waals surface area contributed by atoms with Gasteiger partial charge in [-0.15, -0.1) is 0 Å². The van der Waals surface area contributed by atoms with Gasteiger partial charge in [-0.25, -0.2) is 0 Å². The summed E-state index contributed by atoms with van der Waals surface area (Å²) >= 11 is 0. The molecule has 0 radical (unpaired) electrons. The maximum Gasteiger partial charge on any atom is 0.314 e. The highest BCUT2D eigenvalue weighted by Gasteiger charge is 2.46. The van der Waals surface area contributed by atoms with Crippen molar-refractivity contribution in [1.29, 1.82) is 0 Å². The first-order chi connectivity index (χ1) is 20.6. The average molecular weight is 562 g/mol. The van der Waals surface area contributed by atoms with Crippen LogP contribution in [-0.4, -0.2) is 38.0 Å². The third kappa shape index (κ3) is 7.74. The fraction of sp³-hybridized carbons (Fsp3) is 0.297. The second kappa shape index (κ2) is 14.6. The van der Waals surface area contributed by atoms with Gasteiger partial charge in [0, 0.05) is 17.7 Å². The van der Waals surface area contributed by atoms with Gasteiger partial charge in [0.1, 0.15) is 12.4 Å². The van der Waals surface area contributed by atoms with Crippen LogP contribution in [0.25, 0.3) is 0 Å². The predicted octanol–water partition coefficient (Wildman–Crippen LogP) is 7.46. The van der Waals surface area contributed by atoms with E-state index in [0.717, 1.165) is 47.4 Å². The SMILES string of the molecule is COC(=O)[C@@]1(COCCCc2cccc(OCc3ccccc3)c2)CC[C@H](N=C(c2ccccc2)c2ccccc2)C1. The minimum Gasteiger partial charge on any atom is -0.489 e. The average Bonchev–Trinajstić information content (AvgIpc) is 3.47. The van der Waals surface area contributed by atoms with E-state index in [1.165, 1.54) is 12.7 Å². The summed E-state index contributed by atoms with van der Waals surface area (Å²) in [6.45, 7) is 1.46. The number of aryl methyl sites for hydroxylation is 1. The minimum atomic E-state index is -0.674. The van der Waals surface area contributed by atoms with Gasteiger partial charge in [0.15, 0.2) is 0 Å². The van der Waals surface area contributed by atoms with Crippen LogP contribution in [0.5, 0.6) is 5.75 Å². The zero-order valence-corrected chi connectivity index (χ0v) is 24.3. The van der Waals surface area contributed by atoms with Gasteiger partial charge in [-0.3, -0.25) is 9.79 Å². The van der Waals surface area contributed by atoms with Crippen LogP contribution in [0.2, 0.25) is 0 Å². The van der Waals surface area contributed by atoms with Crippen LogP contribution in [0.3, 0.4) is 0 Å². The van der Waals surface area contributed by atoms with Crippen molar-refractivity contribution >= 4 is 11.7 Å². The quantitative estimate of drug-likeness (QED) is 0.0966. The van der Waals surface area contributed by atoms with Crippen LogP contribution in [0.15, 0.2) is 120 Å². The highest BCUT2D eigenvalue weighted by atomic mass is 16.5. The molecule has 5 nitrogen and oxygen atoms in total. The van der Waals surface area contributed by atoms with E-state index >= 15 is 0 Å². The smallest absolute Gasteiger partial charge is 0.314 e. The van der Waals surface area contributed by atoms with E-state index in [1.807, 2.05) is 66.7 Å². The number of ether oxygens (including phenoxy) is 3. The number of benzene rings is 4. The Morgan fingerprint density at radius 3 is 2.14 bits per heavy atom. The molecule has 0 bridgehead atoms. The van der Waals surface area contributed by atoms with Crippen LogP contribution < -0.4 is 4.74 Å². The Kier molecular flexibility index (Phi) is 10.2. The lowest BCUT2D eigenvalue weighted by Crippen LogP contribution is -2.35. The lowest BCUT2D eigenvalue weighted by Gasteiger charge is -2.26. The summed E-state index contributed by atoms with van der Waals surface area (Å²) in [6.07, 6.45) is 3.86. The molecular formula is C37H39NO4. The largest absolute Gasteiger partial charge is 0.489 e. The molecule has 1 aliphatic rings. The summed E-state index contributed by atoms with van der Waals surface area (Å²) < 4.78 is 17.4. The normalized spacial score (nSPS) is 17.9. The van der Waals surface area contributed by atoms with Gasteiger partial charge in [-0.1, -0.05) is 103 Å². The molecule has 1 fully saturated rings. The molecule has 4 aromatic rings. The number of methoxy groups -OCH3 is 1. The van der Waals surface area contributed by atoms with Crippen molar-refractivity contribution in [2.45, 2.75) is 44.8 Å². The zero-order valence-electron chi connectivity index (χ0n) is 24.3. The molecule has 0 spiro atoms. The summed E-state index contributed by atoms with van der Waals surface area (Å²) in [7, 11) is 1.47. The number of nitrogens with zero attached hydrogens (tertiary/aromatic N) is 1. The molecule has 1 aliphatic carbocycles. The molecule has 1 saturated carbocycles. The fourth-order valence-corrected chi connectivity index (χ4v) is 5.67. The lowest BCUT2D eigenvalue weighted by atomic mass is 9.87. The Hall–Kier alpha value is -4.22. The first-order valence-corrected chi connectivity index (χ1v) is 14.8. The zero-order chi connectivity index (χ0) is 29.0. The van der Waals surface area contributed by atoms with Crippen molar-refractivity contribution in [1.82, 2.24) is 0 Å². The number of rotatable bonds is 13. The molecule has 0 aromatic heterocycles. The molecule has 0 N–H and O–H groups in total. The molecule has 0 amide bonds. The van der Waals surface area contributed by atoms with Crippen molar-refractivity contribution < 1.29 is 19.0 Å². The summed E-state index contributed by atoms with van der Waals surface area (Å²) in [5.41, 5.74) is 4.78.